The summed E-state index contributed by atoms with van der Waals surface area (Å²) >= 11 is 3.46. The van der Waals surface area contributed by atoms with E-state index in [1.807, 2.05) is 24.3 Å². The minimum absolute atomic E-state index is 0.502. The van der Waals surface area contributed by atoms with Crippen LogP contribution in [0.15, 0.2) is 46.9 Å². The predicted molar refractivity (Wildman–Crippen MR) is 77.5 cm³/mol. The third-order valence-corrected chi connectivity index (χ3v) is 3.50. The van der Waals surface area contributed by atoms with Crippen molar-refractivity contribution in [3.8, 4) is 5.75 Å². The van der Waals surface area contributed by atoms with Gasteiger partial charge in [-0.15, -0.1) is 0 Å². The van der Waals surface area contributed by atoms with Gasteiger partial charge in [-0.05, 0) is 36.2 Å². The van der Waals surface area contributed by atoms with Gasteiger partial charge in [0.2, 0.25) is 0 Å². The lowest BCUT2D eigenvalue weighted by molar-refractivity contribution is 0.306. The molecule has 0 radical (unpaired) electrons. The molecule has 3 heteroatoms. The highest BCUT2D eigenvalue weighted by atomic mass is 79.9. The van der Waals surface area contributed by atoms with Gasteiger partial charge in [0.1, 0.15) is 12.4 Å². The number of benzene rings is 2. The molecule has 0 aliphatic carbocycles. The third-order valence-electron chi connectivity index (χ3n) is 2.73. The average molecular weight is 306 g/mol. The first kappa shape index (κ1) is 13.1. The second kappa shape index (κ2) is 6.03. The molecule has 94 valence electrons. The van der Waals surface area contributed by atoms with E-state index in [9.17, 15) is 0 Å². The molecule has 0 aromatic heterocycles. The maximum Gasteiger partial charge on any atom is 0.120 e. The number of rotatable bonds is 4. The Labute approximate surface area is 116 Å². The van der Waals surface area contributed by atoms with E-state index in [1.165, 1.54) is 11.1 Å². The zero-order valence-corrected chi connectivity index (χ0v) is 11.9. The van der Waals surface area contributed by atoms with Crippen molar-refractivity contribution in [3.05, 3.63) is 63.6 Å². The van der Waals surface area contributed by atoms with E-state index in [0.717, 1.165) is 15.8 Å². The maximum atomic E-state index is 5.77. The van der Waals surface area contributed by atoms with Gasteiger partial charge < -0.3 is 10.5 Å². The standard InChI is InChI=1S/C15H16BrNO/c1-11-3-2-4-12(7-11)10-18-14-5-6-15(16)13(8-14)9-17/h2-8H,9-10,17H2,1H3. The average Bonchev–Trinajstić information content (AvgIpc) is 2.38. The number of nitrogens with two attached hydrogens (primary N) is 1. The molecule has 0 bridgehead atoms. The van der Waals surface area contributed by atoms with Gasteiger partial charge in [-0.3, -0.25) is 0 Å². The van der Waals surface area contributed by atoms with Crippen LogP contribution in [0.2, 0.25) is 0 Å². The SMILES string of the molecule is Cc1cccc(COc2ccc(Br)c(CN)c2)c1. The molecular formula is C15H16BrNO. The molecule has 0 heterocycles. The molecule has 0 fully saturated rings. The van der Waals surface area contributed by atoms with Crippen LogP contribution in [0.25, 0.3) is 0 Å². The van der Waals surface area contributed by atoms with E-state index in [4.69, 9.17) is 10.5 Å². The van der Waals surface area contributed by atoms with Crippen LogP contribution in [0, 0.1) is 6.92 Å². The van der Waals surface area contributed by atoms with Crippen LogP contribution in [-0.2, 0) is 13.2 Å². The summed E-state index contributed by atoms with van der Waals surface area (Å²) in [5, 5.41) is 0. The van der Waals surface area contributed by atoms with Crippen LogP contribution in [0.3, 0.4) is 0 Å². The predicted octanol–water partition coefficient (Wildman–Crippen LogP) is 3.80. The van der Waals surface area contributed by atoms with E-state index in [-0.39, 0.29) is 0 Å². The summed E-state index contributed by atoms with van der Waals surface area (Å²) in [5.41, 5.74) is 9.13. The molecule has 0 atom stereocenters. The van der Waals surface area contributed by atoms with Gasteiger partial charge in [-0.1, -0.05) is 45.8 Å². The van der Waals surface area contributed by atoms with Gasteiger partial charge in [-0.25, -0.2) is 0 Å². The monoisotopic (exact) mass is 305 g/mol. The number of hydrogen-bond acceptors (Lipinski definition) is 2. The first-order valence-corrected chi connectivity index (χ1v) is 6.65. The summed E-state index contributed by atoms with van der Waals surface area (Å²) < 4.78 is 6.79. The van der Waals surface area contributed by atoms with Crippen LogP contribution in [0.4, 0.5) is 0 Å². The molecule has 18 heavy (non-hydrogen) atoms. The molecule has 0 unspecified atom stereocenters. The Morgan fingerprint density at radius 2 is 2.00 bits per heavy atom. The number of halogens is 1. The molecule has 2 N–H and O–H groups in total. The molecule has 2 nitrogen and oxygen atoms in total. The molecule has 0 amide bonds. The third kappa shape index (κ3) is 3.34. The highest BCUT2D eigenvalue weighted by Crippen LogP contribution is 2.23. The van der Waals surface area contributed by atoms with Crippen LogP contribution in [-0.4, -0.2) is 0 Å². The Hall–Kier alpha value is -1.32. The van der Waals surface area contributed by atoms with Gasteiger partial charge >= 0.3 is 0 Å². The van der Waals surface area contributed by atoms with Crippen LogP contribution < -0.4 is 10.5 Å². The highest BCUT2D eigenvalue weighted by molar-refractivity contribution is 9.10. The van der Waals surface area contributed by atoms with E-state index in [0.29, 0.717) is 13.2 Å². The summed E-state index contributed by atoms with van der Waals surface area (Å²) in [7, 11) is 0. The molecular weight excluding hydrogens is 290 g/mol. The largest absolute Gasteiger partial charge is 0.489 e. The smallest absolute Gasteiger partial charge is 0.120 e. The minimum atomic E-state index is 0.502. The number of ether oxygens (including phenoxy) is 1. The van der Waals surface area contributed by atoms with Crippen molar-refractivity contribution >= 4 is 15.9 Å². The first-order valence-electron chi connectivity index (χ1n) is 5.86. The zero-order valence-electron chi connectivity index (χ0n) is 10.3. The number of aryl methyl sites for hydroxylation is 1. The fraction of sp³-hybridized carbons (Fsp3) is 0.200. The Kier molecular flexibility index (Phi) is 4.39. The Bertz CT molecular complexity index is 540. The highest BCUT2D eigenvalue weighted by Gasteiger charge is 2.01. The number of hydrogen-bond donors (Lipinski definition) is 1. The van der Waals surface area contributed by atoms with Gasteiger partial charge in [0.25, 0.3) is 0 Å². The topological polar surface area (TPSA) is 35.2 Å². The van der Waals surface area contributed by atoms with Crippen LogP contribution in [0.1, 0.15) is 16.7 Å². The fourth-order valence-electron chi connectivity index (χ4n) is 1.77. The molecule has 0 spiro atoms. The van der Waals surface area contributed by atoms with Crippen molar-refractivity contribution in [2.45, 2.75) is 20.1 Å². The maximum absolute atomic E-state index is 5.77. The van der Waals surface area contributed by atoms with Crippen molar-refractivity contribution in [3.63, 3.8) is 0 Å². The molecule has 2 aromatic carbocycles. The van der Waals surface area contributed by atoms with Gasteiger partial charge in [0.05, 0.1) is 0 Å². The van der Waals surface area contributed by atoms with Crippen molar-refractivity contribution in [2.24, 2.45) is 5.73 Å². The van der Waals surface area contributed by atoms with Crippen molar-refractivity contribution in [2.75, 3.05) is 0 Å². The Morgan fingerprint density at radius 3 is 2.72 bits per heavy atom. The molecule has 0 aliphatic rings. The summed E-state index contributed by atoms with van der Waals surface area (Å²) in [4.78, 5) is 0. The summed E-state index contributed by atoms with van der Waals surface area (Å²) in [6, 6.07) is 14.2. The normalized spacial score (nSPS) is 10.4. The first-order chi connectivity index (χ1) is 8.69. The van der Waals surface area contributed by atoms with Gasteiger partial charge in [0, 0.05) is 11.0 Å². The minimum Gasteiger partial charge on any atom is -0.489 e. The van der Waals surface area contributed by atoms with E-state index < -0.39 is 0 Å². The zero-order chi connectivity index (χ0) is 13.0. The molecule has 0 saturated heterocycles. The van der Waals surface area contributed by atoms with Crippen LogP contribution >= 0.6 is 15.9 Å². The quantitative estimate of drug-likeness (QED) is 0.932. The summed E-state index contributed by atoms with van der Waals surface area (Å²) in [6.07, 6.45) is 0. The second-order valence-electron chi connectivity index (χ2n) is 4.24. The molecule has 0 saturated carbocycles. The van der Waals surface area contributed by atoms with Crippen LogP contribution in [0.5, 0.6) is 5.75 Å². The molecule has 2 aromatic rings. The van der Waals surface area contributed by atoms with E-state index >= 15 is 0 Å². The van der Waals surface area contributed by atoms with Crippen molar-refractivity contribution < 1.29 is 4.74 Å². The Balaban J connectivity index is 2.06. The lowest BCUT2D eigenvalue weighted by atomic mass is 10.1. The second-order valence-corrected chi connectivity index (χ2v) is 5.09. The Morgan fingerprint density at radius 1 is 1.17 bits per heavy atom. The summed E-state index contributed by atoms with van der Waals surface area (Å²) in [5.74, 6) is 0.847. The van der Waals surface area contributed by atoms with Gasteiger partial charge in [-0.2, -0.15) is 0 Å². The molecule has 0 aliphatic heterocycles. The van der Waals surface area contributed by atoms with Crippen molar-refractivity contribution in [1.82, 2.24) is 0 Å². The summed E-state index contributed by atoms with van der Waals surface area (Å²) in [6.45, 7) is 3.16. The lowest BCUT2D eigenvalue weighted by Gasteiger charge is -2.09. The van der Waals surface area contributed by atoms with E-state index in [1.54, 1.807) is 0 Å². The lowest BCUT2D eigenvalue weighted by Crippen LogP contribution is -2.00. The van der Waals surface area contributed by atoms with E-state index in [2.05, 4.69) is 41.1 Å². The molecule has 2 rings (SSSR count). The van der Waals surface area contributed by atoms with Crippen molar-refractivity contribution in [1.29, 1.82) is 0 Å². The van der Waals surface area contributed by atoms with Gasteiger partial charge in [0.15, 0.2) is 0 Å². The fourth-order valence-corrected chi connectivity index (χ4v) is 2.17.